The minimum absolute atomic E-state index is 0.0829. The van der Waals surface area contributed by atoms with Gasteiger partial charge >= 0.3 is 0 Å². The van der Waals surface area contributed by atoms with Gasteiger partial charge in [-0.1, -0.05) is 0 Å². The first-order chi connectivity index (χ1) is 7.68. The molecular formula is C11H9NO4. The molecule has 0 amide bonds. The molecule has 1 aliphatic heterocycles. The fourth-order valence-corrected chi connectivity index (χ4v) is 1.89. The van der Waals surface area contributed by atoms with Crippen molar-refractivity contribution in [3.05, 3.63) is 28.6 Å². The number of nitrogens with zero attached hydrogens (tertiary/aromatic N) is 1. The number of benzene rings is 1. The van der Waals surface area contributed by atoms with Crippen molar-refractivity contribution in [3.8, 4) is 17.2 Å². The zero-order valence-corrected chi connectivity index (χ0v) is 8.56. The first-order valence-corrected chi connectivity index (χ1v) is 4.80. The zero-order chi connectivity index (χ0) is 11.3. The van der Waals surface area contributed by atoms with E-state index in [4.69, 9.17) is 9.47 Å². The molecule has 1 N–H and O–H groups in total. The van der Waals surface area contributed by atoms with E-state index < -0.39 is 0 Å². The standard InChI is InChI=1S/C11H9NO4/c1-12-6-2-3-8-11(16-5-15-8)10(6)7(13)4-9(12)14/h2-4,13H,5H2,1H3. The number of hydrogen-bond donors (Lipinski definition) is 1. The number of aryl methyl sites for hydroxylation is 1. The van der Waals surface area contributed by atoms with Gasteiger partial charge < -0.3 is 19.1 Å². The molecule has 0 saturated heterocycles. The highest BCUT2D eigenvalue weighted by Crippen LogP contribution is 2.42. The SMILES string of the molecule is Cn1c(=O)cc(O)c2c3c(ccc21)OCO3. The second kappa shape index (κ2) is 2.91. The van der Waals surface area contributed by atoms with Gasteiger partial charge in [-0.05, 0) is 12.1 Å². The summed E-state index contributed by atoms with van der Waals surface area (Å²) in [5.74, 6) is 0.993. The van der Waals surface area contributed by atoms with E-state index in [2.05, 4.69) is 0 Å². The lowest BCUT2D eigenvalue weighted by Crippen LogP contribution is -2.15. The predicted molar refractivity (Wildman–Crippen MR) is 57.0 cm³/mol. The largest absolute Gasteiger partial charge is 0.507 e. The summed E-state index contributed by atoms with van der Waals surface area (Å²) in [5, 5.41) is 10.3. The van der Waals surface area contributed by atoms with Crippen LogP contribution in [-0.2, 0) is 7.05 Å². The average molecular weight is 219 g/mol. The first kappa shape index (κ1) is 9.08. The van der Waals surface area contributed by atoms with Gasteiger partial charge in [0.05, 0.1) is 10.9 Å². The Morgan fingerprint density at radius 1 is 1.38 bits per heavy atom. The number of ether oxygens (including phenoxy) is 2. The maximum absolute atomic E-state index is 11.5. The van der Waals surface area contributed by atoms with E-state index in [0.717, 1.165) is 0 Å². The van der Waals surface area contributed by atoms with E-state index in [0.29, 0.717) is 22.4 Å². The van der Waals surface area contributed by atoms with Gasteiger partial charge in [0.15, 0.2) is 11.5 Å². The Morgan fingerprint density at radius 3 is 3.00 bits per heavy atom. The predicted octanol–water partition coefficient (Wildman–Crippen LogP) is 0.973. The van der Waals surface area contributed by atoms with Gasteiger partial charge in [-0.2, -0.15) is 0 Å². The molecule has 0 spiro atoms. The van der Waals surface area contributed by atoms with Crippen molar-refractivity contribution >= 4 is 10.9 Å². The van der Waals surface area contributed by atoms with E-state index in [9.17, 15) is 9.90 Å². The summed E-state index contributed by atoms with van der Waals surface area (Å²) >= 11 is 0. The second-order valence-electron chi connectivity index (χ2n) is 3.62. The molecule has 5 heteroatoms. The molecule has 2 aromatic rings. The van der Waals surface area contributed by atoms with E-state index >= 15 is 0 Å². The Hall–Kier alpha value is -2.17. The molecule has 1 aliphatic rings. The van der Waals surface area contributed by atoms with Crippen LogP contribution in [0.1, 0.15) is 0 Å². The van der Waals surface area contributed by atoms with Gasteiger partial charge in [-0.3, -0.25) is 4.79 Å². The molecule has 3 rings (SSSR count). The molecule has 0 bridgehead atoms. The molecule has 1 aromatic carbocycles. The lowest BCUT2D eigenvalue weighted by atomic mass is 10.1. The van der Waals surface area contributed by atoms with Gasteiger partial charge in [0.2, 0.25) is 6.79 Å². The van der Waals surface area contributed by atoms with Gasteiger partial charge in [0.25, 0.3) is 5.56 Å². The molecule has 82 valence electrons. The number of rotatable bonds is 0. The lowest BCUT2D eigenvalue weighted by Gasteiger charge is -2.08. The van der Waals surface area contributed by atoms with E-state index in [-0.39, 0.29) is 18.1 Å². The van der Waals surface area contributed by atoms with Gasteiger partial charge in [0.1, 0.15) is 5.75 Å². The number of fused-ring (bicyclic) bond motifs is 3. The molecular weight excluding hydrogens is 210 g/mol. The van der Waals surface area contributed by atoms with Crippen LogP contribution in [0.4, 0.5) is 0 Å². The number of aromatic hydroxyl groups is 1. The molecule has 0 radical (unpaired) electrons. The van der Waals surface area contributed by atoms with Crippen molar-refractivity contribution in [1.82, 2.24) is 4.57 Å². The third-order valence-corrected chi connectivity index (χ3v) is 2.73. The quantitative estimate of drug-likeness (QED) is 0.717. The fraction of sp³-hybridized carbons (Fsp3) is 0.182. The van der Waals surface area contributed by atoms with Crippen LogP contribution in [0.25, 0.3) is 10.9 Å². The van der Waals surface area contributed by atoms with Crippen molar-refractivity contribution in [1.29, 1.82) is 0 Å². The maximum atomic E-state index is 11.5. The Bertz CT molecular complexity index is 644. The third-order valence-electron chi connectivity index (χ3n) is 2.73. The maximum Gasteiger partial charge on any atom is 0.254 e. The van der Waals surface area contributed by atoms with E-state index in [1.165, 1.54) is 10.6 Å². The van der Waals surface area contributed by atoms with Crippen molar-refractivity contribution in [2.45, 2.75) is 0 Å². The molecule has 2 heterocycles. The van der Waals surface area contributed by atoms with Crippen LogP contribution in [-0.4, -0.2) is 16.5 Å². The van der Waals surface area contributed by atoms with Crippen LogP contribution in [0.2, 0.25) is 0 Å². The highest BCUT2D eigenvalue weighted by atomic mass is 16.7. The van der Waals surface area contributed by atoms with Crippen LogP contribution in [0.15, 0.2) is 23.0 Å². The Balaban J connectivity index is 2.54. The highest BCUT2D eigenvalue weighted by Gasteiger charge is 2.20. The van der Waals surface area contributed by atoms with Crippen LogP contribution in [0.5, 0.6) is 17.2 Å². The Labute approximate surface area is 90.4 Å². The molecule has 16 heavy (non-hydrogen) atoms. The van der Waals surface area contributed by atoms with E-state index in [1.54, 1.807) is 19.2 Å². The molecule has 0 atom stereocenters. The summed E-state index contributed by atoms with van der Waals surface area (Å²) in [5.41, 5.74) is 0.359. The minimum atomic E-state index is -0.260. The van der Waals surface area contributed by atoms with Crippen LogP contribution >= 0.6 is 0 Å². The molecule has 0 fully saturated rings. The summed E-state index contributed by atoms with van der Waals surface area (Å²) in [6, 6.07) is 4.62. The molecule has 0 aliphatic carbocycles. The van der Waals surface area contributed by atoms with Crippen LogP contribution < -0.4 is 15.0 Å². The van der Waals surface area contributed by atoms with E-state index in [1.807, 2.05) is 0 Å². The summed E-state index contributed by atoms with van der Waals surface area (Å²) in [4.78, 5) is 11.5. The second-order valence-corrected chi connectivity index (χ2v) is 3.62. The molecule has 5 nitrogen and oxygen atoms in total. The summed E-state index contributed by atoms with van der Waals surface area (Å²) in [6.45, 7) is 0.136. The lowest BCUT2D eigenvalue weighted by molar-refractivity contribution is 0.174. The van der Waals surface area contributed by atoms with Crippen molar-refractivity contribution in [2.24, 2.45) is 7.05 Å². The van der Waals surface area contributed by atoms with Gasteiger partial charge in [-0.25, -0.2) is 0 Å². The topological polar surface area (TPSA) is 60.7 Å². The highest BCUT2D eigenvalue weighted by molar-refractivity contribution is 5.93. The Kier molecular flexibility index (Phi) is 1.65. The van der Waals surface area contributed by atoms with Crippen molar-refractivity contribution in [3.63, 3.8) is 0 Å². The van der Waals surface area contributed by atoms with Crippen LogP contribution in [0.3, 0.4) is 0 Å². The number of pyridine rings is 1. The number of aromatic nitrogens is 1. The smallest absolute Gasteiger partial charge is 0.254 e. The van der Waals surface area contributed by atoms with Gasteiger partial charge in [0, 0.05) is 13.1 Å². The molecule has 0 saturated carbocycles. The Morgan fingerprint density at radius 2 is 2.19 bits per heavy atom. The average Bonchev–Trinajstić information content (AvgIpc) is 2.72. The minimum Gasteiger partial charge on any atom is -0.507 e. The fourth-order valence-electron chi connectivity index (χ4n) is 1.89. The van der Waals surface area contributed by atoms with Crippen molar-refractivity contribution < 1.29 is 14.6 Å². The normalized spacial score (nSPS) is 13.3. The van der Waals surface area contributed by atoms with Crippen molar-refractivity contribution in [2.75, 3.05) is 6.79 Å². The monoisotopic (exact) mass is 219 g/mol. The molecule has 0 unspecified atom stereocenters. The van der Waals surface area contributed by atoms with Crippen LogP contribution in [0, 0.1) is 0 Å². The summed E-state index contributed by atoms with van der Waals surface area (Å²) in [6.07, 6.45) is 0. The third kappa shape index (κ3) is 1.02. The number of hydrogen-bond acceptors (Lipinski definition) is 4. The summed E-state index contributed by atoms with van der Waals surface area (Å²) < 4.78 is 12.0. The van der Waals surface area contributed by atoms with Gasteiger partial charge in [-0.15, -0.1) is 0 Å². The first-order valence-electron chi connectivity index (χ1n) is 4.80. The summed E-state index contributed by atoms with van der Waals surface area (Å²) in [7, 11) is 1.65. The zero-order valence-electron chi connectivity index (χ0n) is 8.56. The molecule has 1 aromatic heterocycles.